The topological polar surface area (TPSA) is 42.0 Å². The SMILES string of the molecule is Cc1ccc2nc(NC(C)CS(C)=O)sc2c1. The number of thiazole rings is 1. The zero-order valence-electron chi connectivity index (χ0n) is 10.2. The molecule has 1 aromatic carbocycles. The predicted octanol–water partition coefficient (Wildman–Crippen LogP) is 2.78. The van der Waals surface area contributed by atoms with Crippen LogP contribution in [-0.2, 0) is 10.8 Å². The molecule has 2 atom stereocenters. The van der Waals surface area contributed by atoms with Crippen LogP contribution in [-0.4, -0.2) is 27.2 Å². The summed E-state index contributed by atoms with van der Waals surface area (Å²) in [4.78, 5) is 4.51. The number of aromatic nitrogens is 1. The van der Waals surface area contributed by atoms with E-state index in [0.29, 0.717) is 5.75 Å². The number of nitrogens with one attached hydrogen (secondary N) is 1. The van der Waals surface area contributed by atoms with Crippen molar-refractivity contribution in [1.29, 1.82) is 0 Å². The van der Waals surface area contributed by atoms with E-state index in [2.05, 4.69) is 29.4 Å². The lowest BCUT2D eigenvalue weighted by Gasteiger charge is -2.10. The molecular formula is C12H16N2OS2. The monoisotopic (exact) mass is 268 g/mol. The fraction of sp³-hybridized carbons (Fsp3) is 0.417. The fourth-order valence-electron chi connectivity index (χ4n) is 1.70. The number of hydrogen-bond donors (Lipinski definition) is 1. The molecule has 0 aliphatic rings. The fourth-order valence-corrected chi connectivity index (χ4v) is 3.56. The summed E-state index contributed by atoms with van der Waals surface area (Å²) >= 11 is 1.65. The molecule has 0 spiro atoms. The second-order valence-electron chi connectivity index (χ2n) is 4.28. The molecule has 0 amide bonds. The van der Waals surface area contributed by atoms with Gasteiger partial charge in [0.25, 0.3) is 0 Å². The van der Waals surface area contributed by atoms with Gasteiger partial charge in [0, 0.05) is 28.9 Å². The van der Waals surface area contributed by atoms with E-state index in [1.165, 1.54) is 10.3 Å². The number of rotatable bonds is 4. The summed E-state index contributed by atoms with van der Waals surface area (Å²) in [5.74, 6) is 0.648. The van der Waals surface area contributed by atoms with Gasteiger partial charge in [0.15, 0.2) is 5.13 Å². The molecule has 92 valence electrons. The van der Waals surface area contributed by atoms with Gasteiger partial charge in [-0.05, 0) is 31.5 Å². The van der Waals surface area contributed by atoms with Crippen LogP contribution in [0.5, 0.6) is 0 Å². The van der Waals surface area contributed by atoms with Gasteiger partial charge >= 0.3 is 0 Å². The number of anilines is 1. The van der Waals surface area contributed by atoms with E-state index >= 15 is 0 Å². The van der Waals surface area contributed by atoms with Crippen LogP contribution in [0.4, 0.5) is 5.13 Å². The molecule has 5 heteroatoms. The molecule has 0 saturated heterocycles. The quantitative estimate of drug-likeness (QED) is 0.927. The summed E-state index contributed by atoms with van der Waals surface area (Å²) < 4.78 is 12.3. The van der Waals surface area contributed by atoms with Gasteiger partial charge in [-0.2, -0.15) is 0 Å². The normalized spacial score (nSPS) is 14.8. The lowest BCUT2D eigenvalue weighted by atomic mass is 10.2. The highest BCUT2D eigenvalue weighted by atomic mass is 32.2. The van der Waals surface area contributed by atoms with Gasteiger partial charge in [-0.25, -0.2) is 4.98 Å². The Morgan fingerprint density at radius 3 is 3.00 bits per heavy atom. The van der Waals surface area contributed by atoms with E-state index < -0.39 is 10.8 Å². The third kappa shape index (κ3) is 3.26. The van der Waals surface area contributed by atoms with Crippen molar-refractivity contribution < 1.29 is 4.21 Å². The van der Waals surface area contributed by atoms with Crippen molar-refractivity contribution in [2.45, 2.75) is 19.9 Å². The number of hydrogen-bond acceptors (Lipinski definition) is 4. The van der Waals surface area contributed by atoms with Crippen LogP contribution >= 0.6 is 11.3 Å². The number of nitrogens with zero attached hydrogens (tertiary/aromatic N) is 1. The standard InChI is InChI=1S/C12H16N2OS2/c1-8-4-5-10-11(6-8)16-12(14-10)13-9(2)7-17(3)15/h4-6,9H,7H2,1-3H3,(H,13,14). The van der Waals surface area contributed by atoms with Gasteiger partial charge in [-0.15, -0.1) is 0 Å². The van der Waals surface area contributed by atoms with E-state index in [4.69, 9.17) is 0 Å². The molecule has 2 aromatic rings. The Morgan fingerprint density at radius 2 is 2.29 bits per heavy atom. The van der Waals surface area contributed by atoms with Crippen LogP contribution in [0.2, 0.25) is 0 Å². The predicted molar refractivity (Wildman–Crippen MR) is 76.4 cm³/mol. The van der Waals surface area contributed by atoms with E-state index in [-0.39, 0.29) is 6.04 Å². The molecule has 0 aliphatic heterocycles. The first kappa shape index (κ1) is 12.5. The van der Waals surface area contributed by atoms with Crippen molar-refractivity contribution in [3.05, 3.63) is 23.8 Å². The molecule has 0 radical (unpaired) electrons. The van der Waals surface area contributed by atoms with Gasteiger partial charge < -0.3 is 5.32 Å². The van der Waals surface area contributed by atoms with Crippen LogP contribution in [0, 0.1) is 6.92 Å². The number of aryl methyl sites for hydroxylation is 1. The molecule has 1 heterocycles. The summed E-state index contributed by atoms with van der Waals surface area (Å²) in [5, 5.41) is 4.20. The second-order valence-corrected chi connectivity index (χ2v) is 6.79. The summed E-state index contributed by atoms with van der Waals surface area (Å²) in [6.45, 7) is 4.10. The smallest absolute Gasteiger partial charge is 0.184 e. The number of benzene rings is 1. The highest BCUT2D eigenvalue weighted by Gasteiger charge is 2.08. The minimum Gasteiger partial charge on any atom is -0.358 e. The summed E-state index contributed by atoms with van der Waals surface area (Å²) in [5.41, 5.74) is 2.27. The molecule has 2 unspecified atom stereocenters. The molecule has 17 heavy (non-hydrogen) atoms. The van der Waals surface area contributed by atoms with E-state index in [0.717, 1.165) is 10.6 Å². The Labute approximate surface area is 108 Å². The first-order chi connectivity index (χ1) is 8.04. The van der Waals surface area contributed by atoms with Gasteiger partial charge in [-0.1, -0.05) is 17.4 Å². The molecule has 0 saturated carbocycles. The lowest BCUT2D eigenvalue weighted by Crippen LogP contribution is -2.21. The summed E-state index contributed by atoms with van der Waals surface area (Å²) in [6.07, 6.45) is 1.72. The maximum Gasteiger partial charge on any atom is 0.184 e. The Balaban J connectivity index is 2.16. The van der Waals surface area contributed by atoms with Gasteiger partial charge in [-0.3, -0.25) is 4.21 Å². The molecule has 1 aromatic heterocycles. The van der Waals surface area contributed by atoms with Gasteiger partial charge in [0.2, 0.25) is 0 Å². The molecular weight excluding hydrogens is 252 g/mol. The minimum atomic E-state index is -0.776. The largest absolute Gasteiger partial charge is 0.358 e. The third-order valence-electron chi connectivity index (χ3n) is 2.40. The van der Waals surface area contributed by atoms with Gasteiger partial charge in [0.05, 0.1) is 10.2 Å². The Morgan fingerprint density at radius 1 is 1.53 bits per heavy atom. The van der Waals surface area contributed by atoms with Crippen molar-refractivity contribution in [3.8, 4) is 0 Å². The van der Waals surface area contributed by atoms with Crippen molar-refractivity contribution in [3.63, 3.8) is 0 Å². The second kappa shape index (κ2) is 5.14. The third-order valence-corrected chi connectivity index (χ3v) is 4.32. The van der Waals surface area contributed by atoms with Crippen molar-refractivity contribution in [2.24, 2.45) is 0 Å². The molecule has 3 nitrogen and oxygen atoms in total. The average molecular weight is 268 g/mol. The van der Waals surface area contributed by atoms with Gasteiger partial charge in [0.1, 0.15) is 0 Å². The number of fused-ring (bicyclic) bond motifs is 1. The van der Waals surface area contributed by atoms with Crippen LogP contribution in [0.3, 0.4) is 0 Å². The maximum atomic E-state index is 11.1. The molecule has 2 rings (SSSR count). The summed E-state index contributed by atoms with van der Waals surface area (Å²) in [6, 6.07) is 6.43. The zero-order valence-corrected chi connectivity index (χ0v) is 11.8. The first-order valence-electron chi connectivity index (χ1n) is 5.48. The first-order valence-corrected chi connectivity index (χ1v) is 8.03. The highest BCUT2D eigenvalue weighted by Crippen LogP contribution is 2.27. The average Bonchev–Trinajstić information content (AvgIpc) is 2.57. The highest BCUT2D eigenvalue weighted by molar-refractivity contribution is 7.84. The molecule has 0 bridgehead atoms. The van der Waals surface area contributed by atoms with Crippen LogP contribution in [0.25, 0.3) is 10.2 Å². The zero-order chi connectivity index (χ0) is 12.4. The lowest BCUT2D eigenvalue weighted by molar-refractivity contribution is 0.683. The Kier molecular flexibility index (Phi) is 3.79. The Hall–Kier alpha value is -0.940. The van der Waals surface area contributed by atoms with E-state index in [9.17, 15) is 4.21 Å². The van der Waals surface area contributed by atoms with Crippen molar-refractivity contribution in [1.82, 2.24) is 4.98 Å². The van der Waals surface area contributed by atoms with Crippen LogP contribution in [0.1, 0.15) is 12.5 Å². The molecule has 1 N–H and O–H groups in total. The minimum absolute atomic E-state index is 0.183. The Bertz CT molecular complexity index is 550. The van der Waals surface area contributed by atoms with E-state index in [1.807, 2.05) is 13.0 Å². The molecule has 0 fully saturated rings. The van der Waals surface area contributed by atoms with Crippen LogP contribution < -0.4 is 5.32 Å². The molecule has 0 aliphatic carbocycles. The van der Waals surface area contributed by atoms with Crippen molar-refractivity contribution >= 4 is 37.5 Å². The summed E-state index contributed by atoms with van der Waals surface area (Å²) in [7, 11) is -0.776. The van der Waals surface area contributed by atoms with E-state index in [1.54, 1.807) is 17.6 Å². The van der Waals surface area contributed by atoms with Crippen molar-refractivity contribution in [2.75, 3.05) is 17.3 Å². The van der Waals surface area contributed by atoms with Crippen LogP contribution in [0.15, 0.2) is 18.2 Å². The maximum absolute atomic E-state index is 11.1.